The number of carbonyl (C=O) groups excluding carboxylic acids is 3. The van der Waals surface area contributed by atoms with Crippen LogP contribution in [-0.4, -0.2) is 43.4 Å². The number of anilines is 1. The van der Waals surface area contributed by atoms with Crippen molar-refractivity contribution in [3.05, 3.63) is 69.0 Å². The molecule has 0 aliphatic heterocycles. The molecule has 0 fully saturated rings. The number of ether oxygens (including phenoxy) is 2. The molecule has 198 valence electrons. The van der Waals surface area contributed by atoms with E-state index in [1.807, 2.05) is 26.0 Å². The Kier molecular flexibility index (Phi) is 9.15. The Morgan fingerprint density at radius 2 is 1.84 bits per heavy atom. The first-order chi connectivity index (χ1) is 17.5. The fourth-order valence-electron chi connectivity index (χ4n) is 3.66. The minimum atomic E-state index is -0.587. The lowest BCUT2D eigenvalue weighted by molar-refractivity contribution is 0.0506. The maximum atomic E-state index is 13.0. The van der Waals surface area contributed by atoms with Crippen LogP contribution in [0.3, 0.4) is 0 Å². The molecule has 0 radical (unpaired) electrons. The molecule has 8 nitrogen and oxygen atoms in total. The Morgan fingerprint density at radius 3 is 2.49 bits per heavy atom. The molecule has 0 atom stereocenters. The lowest BCUT2D eigenvalue weighted by atomic mass is 10.0. The maximum absolute atomic E-state index is 13.0. The summed E-state index contributed by atoms with van der Waals surface area (Å²) in [6.45, 7) is 10.2. The van der Waals surface area contributed by atoms with Crippen LogP contribution < -0.4 is 10.1 Å². The van der Waals surface area contributed by atoms with Gasteiger partial charge in [-0.15, -0.1) is 11.3 Å². The fourth-order valence-corrected chi connectivity index (χ4v) is 4.87. The smallest absolute Gasteiger partial charge is 0.341 e. The van der Waals surface area contributed by atoms with Crippen LogP contribution in [0.2, 0.25) is 0 Å². The van der Waals surface area contributed by atoms with Gasteiger partial charge in [0.05, 0.1) is 17.0 Å². The second kappa shape index (κ2) is 12.1. The van der Waals surface area contributed by atoms with Crippen molar-refractivity contribution in [3.8, 4) is 5.75 Å². The van der Waals surface area contributed by atoms with E-state index in [0.717, 1.165) is 28.2 Å². The van der Waals surface area contributed by atoms with Crippen molar-refractivity contribution in [2.45, 2.75) is 53.6 Å². The van der Waals surface area contributed by atoms with E-state index in [-0.39, 0.29) is 35.4 Å². The number of nitrogens with zero attached hydrogens (tertiary/aromatic N) is 1. The van der Waals surface area contributed by atoms with Crippen molar-refractivity contribution in [1.29, 1.82) is 0 Å². The molecular weight excluding hydrogens is 492 g/mol. The van der Waals surface area contributed by atoms with Gasteiger partial charge in [-0.25, -0.2) is 4.79 Å². The molecule has 1 aromatic carbocycles. The highest BCUT2D eigenvalue weighted by Crippen LogP contribution is 2.35. The van der Waals surface area contributed by atoms with Gasteiger partial charge >= 0.3 is 5.97 Å². The number of furan rings is 1. The highest BCUT2D eigenvalue weighted by Gasteiger charge is 2.28. The Balaban J connectivity index is 1.80. The van der Waals surface area contributed by atoms with Gasteiger partial charge < -0.3 is 24.1 Å². The fraction of sp³-hybridized carbons (Fsp3) is 0.393. The first-order valence-electron chi connectivity index (χ1n) is 12.2. The molecular formula is C28H34N2O6S. The number of hydrogen-bond acceptors (Lipinski definition) is 7. The summed E-state index contributed by atoms with van der Waals surface area (Å²) in [6.07, 6.45) is 0.651. The molecule has 0 bridgehead atoms. The number of carbonyl (C=O) groups is 3. The van der Waals surface area contributed by atoms with Crippen molar-refractivity contribution < 1.29 is 28.3 Å². The number of benzene rings is 1. The van der Waals surface area contributed by atoms with E-state index in [0.29, 0.717) is 28.5 Å². The summed E-state index contributed by atoms with van der Waals surface area (Å²) in [6, 6.07) is 9.31. The Labute approximate surface area is 221 Å². The standard InChI is InChI=1S/C28H34N2O6S/c1-8-13-34-28(33)23-18(5)24(27(32)30(6)7)37-26(23)29-25(31)21-12-10-19(36-21)15-35-22-14-17(4)9-11-20(22)16(2)3/h9-12,14,16H,8,13,15H2,1-7H3,(H,29,31). The number of thiophene rings is 1. The van der Waals surface area contributed by atoms with Crippen molar-refractivity contribution >= 4 is 34.1 Å². The summed E-state index contributed by atoms with van der Waals surface area (Å²) in [5.74, 6) is 0.226. The maximum Gasteiger partial charge on any atom is 0.341 e. The molecule has 0 unspecified atom stereocenters. The zero-order valence-electron chi connectivity index (χ0n) is 22.4. The first-order valence-corrected chi connectivity index (χ1v) is 13.0. The molecule has 3 rings (SSSR count). The molecule has 2 amide bonds. The van der Waals surface area contributed by atoms with Crippen LogP contribution in [0.1, 0.15) is 86.1 Å². The molecule has 9 heteroatoms. The van der Waals surface area contributed by atoms with Gasteiger partial charge in [-0.2, -0.15) is 0 Å². The second-order valence-electron chi connectivity index (χ2n) is 9.30. The SMILES string of the molecule is CCCOC(=O)c1c(NC(=O)c2ccc(COc3cc(C)ccc3C(C)C)o2)sc(C(=O)N(C)C)c1C. The van der Waals surface area contributed by atoms with Crippen molar-refractivity contribution in [1.82, 2.24) is 4.90 Å². The molecule has 0 aliphatic carbocycles. The van der Waals surface area contributed by atoms with Gasteiger partial charge in [0.1, 0.15) is 23.1 Å². The van der Waals surface area contributed by atoms with Crippen LogP contribution >= 0.6 is 11.3 Å². The monoisotopic (exact) mass is 526 g/mol. The summed E-state index contributed by atoms with van der Waals surface area (Å²) in [5.41, 5.74) is 2.82. The highest BCUT2D eigenvalue weighted by atomic mass is 32.1. The summed E-state index contributed by atoms with van der Waals surface area (Å²) >= 11 is 1.04. The van der Waals surface area contributed by atoms with E-state index in [9.17, 15) is 14.4 Å². The Bertz CT molecular complexity index is 1290. The number of hydrogen-bond donors (Lipinski definition) is 1. The third-order valence-electron chi connectivity index (χ3n) is 5.66. The zero-order chi connectivity index (χ0) is 27.3. The number of esters is 1. The minimum absolute atomic E-state index is 0.0614. The molecule has 0 saturated heterocycles. The van der Waals surface area contributed by atoms with Crippen LogP contribution in [0.25, 0.3) is 0 Å². The number of rotatable bonds is 10. The molecule has 1 N–H and O–H groups in total. The van der Waals surface area contributed by atoms with Crippen LogP contribution in [-0.2, 0) is 11.3 Å². The number of amides is 2. The molecule has 0 saturated carbocycles. The van der Waals surface area contributed by atoms with E-state index < -0.39 is 11.9 Å². The summed E-state index contributed by atoms with van der Waals surface area (Å²) in [7, 11) is 3.25. The largest absolute Gasteiger partial charge is 0.485 e. The third kappa shape index (κ3) is 6.60. The summed E-state index contributed by atoms with van der Waals surface area (Å²) < 4.78 is 17.0. The van der Waals surface area contributed by atoms with Crippen LogP contribution in [0.4, 0.5) is 5.00 Å². The highest BCUT2D eigenvalue weighted by molar-refractivity contribution is 7.18. The molecule has 37 heavy (non-hydrogen) atoms. The normalized spacial score (nSPS) is 10.9. The van der Waals surface area contributed by atoms with E-state index in [1.165, 1.54) is 4.90 Å². The van der Waals surface area contributed by atoms with Gasteiger partial charge in [-0.1, -0.05) is 32.9 Å². The summed E-state index contributed by atoms with van der Waals surface area (Å²) in [5, 5.41) is 2.97. The predicted molar refractivity (Wildman–Crippen MR) is 144 cm³/mol. The average molecular weight is 527 g/mol. The van der Waals surface area contributed by atoms with Gasteiger partial charge in [-0.05, 0) is 61.1 Å². The minimum Gasteiger partial charge on any atom is -0.485 e. The summed E-state index contributed by atoms with van der Waals surface area (Å²) in [4.78, 5) is 40.2. The van der Waals surface area contributed by atoms with Crippen LogP contribution in [0.15, 0.2) is 34.7 Å². The van der Waals surface area contributed by atoms with E-state index >= 15 is 0 Å². The van der Waals surface area contributed by atoms with Crippen LogP contribution in [0, 0.1) is 13.8 Å². The second-order valence-corrected chi connectivity index (χ2v) is 10.3. The average Bonchev–Trinajstić information content (AvgIpc) is 3.45. The van der Waals surface area contributed by atoms with E-state index in [4.69, 9.17) is 13.9 Å². The zero-order valence-corrected chi connectivity index (χ0v) is 23.2. The Hall–Kier alpha value is -3.59. The Morgan fingerprint density at radius 1 is 1.11 bits per heavy atom. The first kappa shape index (κ1) is 28.0. The molecule has 2 heterocycles. The number of aryl methyl sites for hydroxylation is 1. The molecule has 0 aliphatic rings. The molecule has 0 spiro atoms. The molecule has 2 aromatic heterocycles. The quantitative estimate of drug-likeness (QED) is 0.317. The van der Waals surface area contributed by atoms with Gasteiger partial charge in [-0.3, -0.25) is 9.59 Å². The van der Waals surface area contributed by atoms with Gasteiger partial charge in [0.25, 0.3) is 11.8 Å². The van der Waals surface area contributed by atoms with Crippen LogP contribution in [0.5, 0.6) is 5.75 Å². The molecule has 3 aromatic rings. The predicted octanol–water partition coefficient (Wildman–Crippen LogP) is 6.18. The van der Waals surface area contributed by atoms with Crippen molar-refractivity contribution in [3.63, 3.8) is 0 Å². The third-order valence-corrected chi connectivity index (χ3v) is 6.86. The lowest BCUT2D eigenvalue weighted by Crippen LogP contribution is -2.21. The van der Waals surface area contributed by atoms with Gasteiger partial charge in [0.15, 0.2) is 5.76 Å². The topological polar surface area (TPSA) is 98.1 Å². The van der Waals surface area contributed by atoms with E-state index in [1.54, 1.807) is 33.2 Å². The van der Waals surface area contributed by atoms with E-state index in [2.05, 4.69) is 25.2 Å². The number of nitrogens with one attached hydrogen (secondary N) is 1. The van der Waals surface area contributed by atoms with Crippen molar-refractivity contribution in [2.75, 3.05) is 26.0 Å². The van der Waals surface area contributed by atoms with Crippen molar-refractivity contribution in [2.24, 2.45) is 0 Å². The van der Waals surface area contributed by atoms with Gasteiger partial charge in [0.2, 0.25) is 0 Å². The van der Waals surface area contributed by atoms with Gasteiger partial charge in [0, 0.05) is 14.1 Å². The lowest BCUT2D eigenvalue weighted by Gasteiger charge is -2.14.